The molecule has 0 N–H and O–H groups in total. The first-order valence-electron chi connectivity index (χ1n) is 7.76. The van der Waals surface area contributed by atoms with Crippen molar-refractivity contribution in [3.63, 3.8) is 0 Å². The van der Waals surface area contributed by atoms with Crippen LogP contribution in [0, 0.1) is 13.8 Å². The molecule has 3 rings (SSSR count). The Labute approximate surface area is 136 Å². The zero-order chi connectivity index (χ0) is 15.5. The van der Waals surface area contributed by atoms with Crippen LogP contribution >= 0.6 is 11.3 Å². The number of nitrogens with zero attached hydrogens (tertiary/aromatic N) is 5. The van der Waals surface area contributed by atoms with Crippen LogP contribution in [0.15, 0.2) is 17.8 Å². The molecular formula is C16H23N5S. The fraction of sp³-hybridized carbons (Fsp3) is 0.562. The van der Waals surface area contributed by atoms with Crippen molar-refractivity contribution in [3.05, 3.63) is 34.2 Å². The van der Waals surface area contributed by atoms with Gasteiger partial charge in [-0.2, -0.15) is 0 Å². The van der Waals surface area contributed by atoms with E-state index in [1.165, 1.54) is 18.5 Å². The largest absolute Gasteiger partial charge is 0.356 e. The molecule has 1 aliphatic rings. The number of hydrogen-bond donors (Lipinski definition) is 0. The zero-order valence-electron chi connectivity index (χ0n) is 13.5. The van der Waals surface area contributed by atoms with E-state index in [0.717, 1.165) is 36.2 Å². The van der Waals surface area contributed by atoms with Crippen LogP contribution in [0.2, 0.25) is 0 Å². The fourth-order valence-electron chi connectivity index (χ4n) is 3.00. The molecule has 1 saturated heterocycles. The maximum absolute atomic E-state index is 4.57. The zero-order valence-corrected chi connectivity index (χ0v) is 14.3. The molecule has 2 aromatic rings. The quantitative estimate of drug-likeness (QED) is 0.867. The second-order valence-corrected chi connectivity index (χ2v) is 7.06. The highest BCUT2D eigenvalue weighted by molar-refractivity contribution is 7.09. The van der Waals surface area contributed by atoms with Crippen LogP contribution in [0.25, 0.3) is 0 Å². The molecule has 22 heavy (non-hydrogen) atoms. The van der Waals surface area contributed by atoms with Gasteiger partial charge in [-0.15, -0.1) is 11.3 Å². The first-order chi connectivity index (χ1) is 10.6. The van der Waals surface area contributed by atoms with E-state index in [0.29, 0.717) is 6.04 Å². The van der Waals surface area contributed by atoms with E-state index >= 15 is 0 Å². The topological polar surface area (TPSA) is 45.2 Å². The average Bonchev–Trinajstić information content (AvgIpc) is 2.92. The maximum atomic E-state index is 4.57. The number of thiazole rings is 1. The van der Waals surface area contributed by atoms with Crippen molar-refractivity contribution in [2.75, 3.05) is 25.0 Å². The molecule has 0 aliphatic carbocycles. The van der Waals surface area contributed by atoms with Crippen LogP contribution in [0.5, 0.6) is 0 Å². The lowest BCUT2D eigenvalue weighted by Crippen LogP contribution is -2.43. The monoisotopic (exact) mass is 317 g/mol. The standard InChI is InChI=1S/C16H23N5S/c1-12-8-16(18-11-17-12)20(3)15-4-6-21(7-5-15)9-14-10-22-13(2)19-14/h8,10-11,15H,4-7,9H2,1-3H3. The maximum Gasteiger partial charge on any atom is 0.132 e. The van der Waals surface area contributed by atoms with E-state index in [2.05, 4.69) is 50.2 Å². The van der Waals surface area contributed by atoms with Gasteiger partial charge in [-0.05, 0) is 26.7 Å². The van der Waals surface area contributed by atoms with Gasteiger partial charge < -0.3 is 4.90 Å². The average molecular weight is 317 g/mol. The van der Waals surface area contributed by atoms with Crippen molar-refractivity contribution in [1.82, 2.24) is 19.9 Å². The normalized spacial score (nSPS) is 16.9. The van der Waals surface area contributed by atoms with E-state index in [4.69, 9.17) is 0 Å². The number of likely N-dealkylation sites (tertiary alicyclic amines) is 1. The van der Waals surface area contributed by atoms with Gasteiger partial charge in [-0.25, -0.2) is 15.0 Å². The van der Waals surface area contributed by atoms with Gasteiger partial charge in [0.25, 0.3) is 0 Å². The summed E-state index contributed by atoms with van der Waals surface area (Å²) < 4.78 is 0. The summed E-state index contributed by atoms with van der Waals surface area (Å²) in [4.78, 5) is 17.9. The Morgan fingerprint density at radius 3 is 2.68 bits per heavy atom. The SMILES string of the molecule is Cc1cc(N(C)C2CCN(Cc3csc(C)n3)CC2)ncn1. The molecule has 0 saturated carbocycles. The summed E-state index contributed by atoms with van der Waals surface area (Å²) in [6.07, 6.45) is 3.99. The first kappa shape index (κ1) is 15.4. The number of rotatable bonds is 4. The molecule has 0 bridgehead atoms. The molecule has 0 amide bonds. The van der Waals surface area contributed by atoms with Crippen LogP contribution in [-0.2, 0) is 6.54 Å². The molecule has 0 aromatic carbocycles. The molecule has 5 nitrogen and oxygen atoms in total. The van der Waals surface area contributed by atoms with Crippen LogP contribution in [-0.4, -0.2) is 46.0 Å². The third-order valence-corrected chi connectivity index (χ3v) is 5.13. The summed E-state index contributed by atoms with van der Waals surface area (Å²) in [5.41, 5.74) is 2.23. The summed E-state index contributed by atoms with van der Waals surface area (Å²) in [5.74, 6) is 1.03. The third kappa shape index (κ3) is 3.62. The van der Waals surface area contributed by atoms with E-state index < -0.39 is 0 Å². The minimum absolute atomic E-state index is 0.558. The smallest absolute Gasteiger partial charge is 0.132 e. The van der Waals surface area contributed by atoms with Crippen LogP contribution < -0.4 is 4.90 Å². The van der Waals surface area contributed by atoms with E-state index in [1.807, 2.05) is 6.92 Å². The van der Waals surface area contributed by atoms with Gasteiger partial charge in [0.05, 0.1) is 10.7 Å². The Kier molecular flexibility index (Phi) is 4.69. The van der Waals surface area contributed by atoms with Crippen molar-refractivity contribution in [3.8, 4) is 0 Å². The molecule has 3 heterocycles. The molecule has 118 valence electrons. The first-order valence-corrected chi connectivity index (χ1v) is 8.64. The number of hydrogen-bond acceptors (Lipinski definition) is 6. The molecule has 0 spiro atoms. The van der Waals surface area contributed by atoms with Crippen LogP contribution in [0.3, 0.4) is 0 Å². The molecule has 0 atom stereocenters. The summed E-state index contributed by atoms with van der Waals surface area (Å²) in [6, 6.07) is 2.62. The lowest BCUT2D eigenvalue weighted by Gasteiger charge is -2.37. The van der Waals surface area contributed by atoms with Crippen molar-refractivity contribution in [2.24, 2.45) is 0 Å². The van der Waals surface area contributed by atoms with Gasteiger partial charge in [0.15, 0.2) is 0 Å². The van der Waals surface area contributed by atoms with Gasteiger partial charge in [-0.1, -0.05) is 0 Å². The van der Waals surface area contributed by atoms with Gasteiger partial charge in [-0.3, -0.25) is 4.90 Å². The molecule has 1 aliphatic heterocycles. The lowest BCUT2D eigenvalue weighted by molar-refractivity contribution is 0.201. The van der Waals surface area contributed by atoms with Crippen LogP contribution in [0.1, 0.15) is 29.2 Å². The van der Waals surface area contributed by atoms with Gasteiger partial charge in [0.2, 0.25) is 0 Å². The minimum atomic E-state index is 0.558. The van der Waals surface area contributed by atoms with Crippen molar-refractivity contribution in [2.45, 2.75) is 39.3 Å². The van der Waals surface area contributed by atoms with E-state index in [9.17, 15) is 0 Å². The second-order valence-electron chi connectivity index (χ2n) is 5.99. The Balaban J connectivity index is 1.55. The lowest BCUT2D eigenvalue weighted by atomic mass is 10.0. The highest BCUT2D eigenvalue weighted by Crippen LogP contribution is 2.22. The van der Waals surface area contributed by atoms with Gasteiger partial charge in [0.1, 0.15) is 12.1 Å². The summed E-state index contributed by atoms with van der Waals surface area (Å²) in [6.45, 7) is 7.30. The Morgan fingerprint density at radius 2 is 2.05 bits per heavy atom. The van der Waals surface area contributed by atoms with Crippen LogP contribution in [0.4, 0.5) is 5.82 Å². The molecule has 1 fully saturated rings. The number of piperidine rings is 1. The number of aryl methyl sites for hydroxylation is 2. The Morgan fingerprint density at radius 1 is 1.27 bits per heavy atom. The molecular weight excluding hydrogens is 294 g/mol. The van der Waals surface area contributed by atoms with Crippen molar-refractivity contribution < 1.29 is 0 Å². The Bertz CT molecular complexity index is 619. The second kappa shape index (κ2) is 6.71. The molecule has 0 radical (unpaired) electrons. The summed E-state index contributed by atoms with van der Waals surface area (Å²) in [5, 5.41) is 3.33. The van der Waals surface area contributed by atoms with Gasteiger partial charge >= 0.3 is 0 Å². The molecule has 6 heteroatoms. The summed E-state index contributed by atoms with van der Waals surface area (Å²) in [7, 11) is 2.14. The van der Waals surface area contributed by atoms with Crippen molar-refractivity contribution >= 4 is 17.2 Å². The highest BCUT2D eigenvalue weighted by Gasteiger charge is 2.23. The highest BCUT2D eigenvalue weighted by atomic mass is 32.1. The molecule has 0 unspecified atom stereocenters. The number of anilines is 1. The van der Waals surface area contributed by atoms with E-state index in [-0.39, 0.29) is 0 Å². The number of aromatic nitrogens is 3. The third-order valence-electron chi connectivity index (χ3n) is 4.31. The fourth-order valence-corrected chi connectivity index (χ4v) is 3.60. The van der Waals surface area contributed by atoms with E-state index in [1.54, 1.807) is 17.7 Å². The molecule has 2 aromatic heterocycles. The Hall–Kier alpha value is -1.53. The van der Waals surface area contributed by atoms with Gasteiger partial charge in [0, 0.05) is 49.9 Å². The predicted octanol–water partition coefficient (Wildman–Crippen LogP) is 2.65. The predicted molar refractivity (Wildman–Crippen MR) is 90.3 cm³/mol. The minimum Gasteiger partial charge on any atom is -0.356 e. The van der Waals surface area contributed by atoms with Crippen molar-refractivity contribution in [1.29, 1.82) is 0 Å². The summed E-state index contributed by atoms with van der Waals surface area (Å²) >= 11 is 1.74.